The Kier molecular flexibility index (Phi) is 5.41. The molecule has 0 bridgehead atoms. The molecule has 6 heteroatoms. The van der Waals surface area contributed by atoms with Crippen molar-refractivity contribution in [2.45, 2.75) is 13.3 Å². The van der Waals surface area contributed by atoms with E-state index in [9.17, 15) is 9.59 Å². The fraction of sp³-hybridized carbons (Fsp3) is 0.300. The Balaban J connectivity index is 1.66. The maximum atomic E-state index is 12.7. The Labute approximate surface area is 152 Å². The summed E-state index contributed by atoms with van der Waals surface area (Å²) in [7, 11) is 1.57. The largest absolute Gasteiger partial charge is 0.497 e. The van der Waals surface area contributed by atoms with Crippen molar-refractivity contribution < 1.29 is 19.1 Å². The van der Waals surface area contributed by atoms with Gasteiger partial charge in [0.25, 0.3) is 5.91 Å². The number of amides is 2. The maximum absolute atomic E-state index is 12.7. The third-order valence-electron chi connectivity index (χ3n) is 4.29. The molecule has 1 aliphatic rings. The predicted octanol–water partition coefficient (Wildman–Crippen LogP) is 2.73. The lowest BCUT2D eigenvalue weighted by molar-refractivity contribution is -0.116. The number of anilines is 1. The van der Waals surface area contributed by atoms with Crippen LogP contribution in [0.2, 0.25) is 0 Å². The smallest absolute Gasteiger partial charge is 0.254 e. The molecule has 0 spiro atoms. The van der Waals surface area contributed by atoms with E-state index in [1.807, 2.05) is 19.1 Å². The normalized spacial score (nSPS) is 12.1. The van der Waals surface area contributed by atoms with E-state index in [1.54, 1.807) is 37.4 Å². The molecule has 0 saturated carbocycles. The van der Waals surface area contributed by atoms with Crippen LogP contribution in [0.1, 0.15) is 22.8 Å². The molecule has 0 unspecified atom stereocenters. The second kappa shape index (κ2) is 7.91. The Morgan fingerprint density at radius 3 is 2.85 bits per heavy atom. The highest BCUT2D eigenvalue weighted by Crippen LogP contribution is 2.26. The number of nitrogens with one attached hydrogen (secondary N) is 1. The summed E-state index contributed by atoms with van der Waals surface area (Å²) in [6.45, 7) is 2.93. The Bertz CT molecular complexity index is 819. The highest BCUT2D eigenvalue weighted by atomic mass is 16.5. The van der Waals surface area contributed by atoms with Crippen molar-refractivity contribution in [3.63, 3.8) is 0 Å². The number of carbonyl (C=O) groups is 2. The third kappa shape index (κ3) is 3.96. The molecule has 0 radical (unpaired) electrons. The van der Waals surface area contributed by atoms with Gasteiger partial charge in [0.1, 0.15) is 18.0 Å². The first-order valence-electron chi connectivity index (χ1n) is 8.59. The average Bonchev–Trinajstić information content (AvgIpc) is 3.13. The van der Waals surface area contributed by atoms with Gasteiger partial charge in [0.15, 0.2) is 0 Å². The number of methoxy groups -OCH3 is 1. The van der Waals surface area contributed by atoms with E-state index in [4.69, 9.17) is 9.47 Å². The number of benzene rings is 2. The molecular formula is C20H22N2O4. The zero-order valence-corrected chi connectivity index (χ0v) is 15.0. The monoisotopic (exact) mass is 354 g/mol. The molecule has 1 N–H and O–H groups in total. The molecule has 26 heavy (non-hydrogen) atoms. The Hall–Kier alpha value is -3.02. The molecule has 1 heterocycles. The summed E-state index contributed by atoms with van der Waals surface area (Å²) in [6, 6.07) is 12.5. The highest BCUT2D eigenvalue weighted by molar-refractivity contribution is 5.99. The van der Waals surface area contributed by atoms with Crippen molar-refractivity contribution in [3.05, 3.63) is 53.6 Å². The zero-order valence-electron chi connectivity index (χ0n) is 15.0. The standard InChI is InChI=1S/C20H22N2O4/c1-3-22(13-19(23)21-16-5-4-6-17(12-16)25-2)20(24)15-7-8-18-14(11-15)9-10-26-18/h4-8,11-12H,3,9-10,13H2,1-2H3,(H,21,23). The summed E-state index contributed by atoms with van der Waals surface area (Å²) >= 11 is 0. The van der Waals surface area contributed by atoms with Crippen LogP contribution in [0.25, 0.3) is 0 Å². The summed E-state index contributed by atoms with van der Waals surface area (Å²) in [4.78, 5) is 26.6. The molecule has 2 amide bonds. The van der Waals surface area contributed by atoms with Gasteiger partial charge in [-0.05, 0) is 42.8 Å². The molecule has 0 atom stereocenters. The SMILES string of the molecule is CCN(CC(=O)Nc1cccc(OC)c1)C(=O)c1ccc2c(c1)CCO2. The van der Waals surface area contributed by atoms with Crippen LogP contribution in [0.5, 0.6) is 11.5 Å². The van der Waals surface area contributed by atoms with Gasteiger partial charge in [-0.15, -0.1) is 0 Å². The molecule has 2 aromatic rings. The second-order valence-corrected chi connectivity index (χ2v) is 6.02. The van der Waals surface area contributed by atoms with Gasteiger partial charge in [-0.1, -0.05) is 6.07 Å². The van der Waals surface area contributed by atoms with Crippen molar-refractivity contribution in [3.8, 4) is 11.5 Å². The lowest BCUT2D eigenvalue weighted by Gasteiger charge is -2.21. The lowest BCUT2D eigenvalue weighted by Crippen LogP contribution is -2.37. The van der Waals surface area contributed by atoms with Gasteiger partial charge in [-0.2, -0.15) is 0 Å². The fourth-order valence-electron chi connectivity index (χ4n) is 2.90. The number of nitrogens with zero attached hydrogens (tertiary/aromatic N) is 1. The number of hydrogen-bond acceptors (Lipinski definition) is 4. The van der Waals surface area contributed by atoms with Gasteiger partial charge in [-0.25, -0.2) is 0 Å². The molecule has 1 aliphatic heterocycles. The number of rotatable bonds is 6. The van der Waals surface area contributed by atoms with E-state index < -0.39 is 0 Å². The first kappa shape index (κ1) is 17.8. The quantitative estimate of drug-likeness (QED) is 0.866. The van der Waals surface area contributed by atoms with E-state index in [0.717, 1.165) is 17.7 Å². The van der Waals surface area contributed by atoms with E-state index in [-0.39, 0.29) is 18.4 Å². The first-order valence-corrected chi connectivity index (χ1v) is 8.59. The summed E-state index contributed by atoms with van der Waals surface area (Å²) < 4.78 is 10.6. The lowest BCUT2D eigenvalue weighted by atomic mass is 10.1. The van der Waals surface area contributed by atoms with Gasteiger partial charge in [0.05, 0.1) is 13.7 Å². The van der Waals surface area contributed by atoms with E-state index in [0.29, 0.717) is 30.2 Å². The van der Waals surface area contributed by atoms with E-state index in [1.165, 1.54) is 4.90 Å². The molecule has 3 rings (SSSR count). The molecule has 136 valence electrons. The number of likely N-dealkylation sites (N-methyl/N-ethyl adjacent to an activating group) is 1. The molecule has 6 nitrogen and oxygen atoms in total. The van der Waals surface area contributed by atoms with Crippen LogP contribution >= 0.6 is 0 Å². The molecular weight excluding hydrogens is 332 g/mol. The van der Waals surface area contributed by atoms with E-state index in [2.05, 4.69) is 5.32 Å². The summed E-state index contributed by atoms with van der Waals surface area (Å²) in [6.07, 6.45) is 0.804. The Morgan fingerprint density at radius 2 is 2.08 bits per heavy atom. The topological polar surface area (TPSA) is 67.9 Å². The van der Waals surface area contributed by atoms with Crippen molar-refractivity contribution in [1.29, 1.82) is 0 Å². The average molecular weight is 354 g/mol. The minimum absolute atomic E-state index is 0.0138. The van der Waals surface area contributed by atoms with Gasteiger partial charge < -0.3 is 19.7 Å². The minimum Gasteiger partial charge on any atom is -0.497 e. The van der Waals surface area contributed by atoms with Gasteiger partial charge in [-0.3, -0.25) is 9.59 Å². The van der Waals surface area contributed by atoms with Crippen LogP contribution in [0, 0.1) is 0 Å². The van der Waals surface area contributed by atoms with Gasteiger partial charge in [0, 0.05) is 30.3 Å². The third-order valence-corrected chi connectivity index (χ3v) is 4.29. The molecule has 0 aromatic heterocycles. The van der Waals surface area contributed by atoms with Crippen LogP contribution in [0.3, 0.4) is 0 Å². The van der Waals surface area contributed by atoms with Crippen molar-refractivity contribution in [2.24, 2.45) is 0 Å². The van der Waals surface area contributed by atoms with Crippen molar-refractivity contribution >= 4 is 17.5 Å². The minimum atomic E-state index is -0.252. The van der Waals surface area contributed by atoms with Crippen molar-refractivity contribution in [1.82, 2.24) is 4.90 Å². The van der Waals surface area contributed by atoms with Crippen molar-refractivity contribution in [2.75, 3.05) is 32.1 Å². The van der Waals surface area contributed by atoms with Crippen LogP contribution in [-0.4, -0.2) is 43.5 Å². The van der Waals surface area contributed by atoms with E-state index >= 15 is 0 Å². The van der Waals surface area contributed by atoms with Gasteiger partial charge >= 0.3 is 0 Å². The molecule has 0 aliphatic carbocycles. The number of ether oxygens (including phenoxy) is 2. The Morgan fingerprint density at radius 1 is 1.23 bits per heavy atom. The predicted molar refractivity (Wildman–Crippen MR) is 98.8 cm³/mol. The number of fused-ring (bicyclic) bond motifs is 1. The summed E-state index contributed by atoms with van der Waals surface area (Å²) in [5.74, 6) is 1.08. The van der Waals surface area contributed by atoms with Crippen LogP contribution in [0.4, 0.5) is 5.69 Å². The maximum Gasteiger partial charge on any atom is 0.254 e. The van der Waals surface area contributed by atoms with Crippen LogP contribution in [-0.2, 0) is 11.2 Å². The van der Waals surface area contributed by atoms with Crippen LogP contribution < -0.4 is 14.8 Å². The van der Waals surface area contributed by atoms with Gasteiger partial charge in [0.2, 0.25) is 5.91 Å². The first-order chi connectivity index (χ1) is 12.6. The highest BCUT2D eigenvalue weighted by Gasteiger charge is 2.20. The summed E-state index contributed by atoms with van der Waals surface area (Å²) in [5, 5.41) is 2.80. The summed E-state index contributed by atoms with van der Waals surface area (Å²) in [5.41, 5.74) is 2.24. The molecule has 0 saturated heterocycles. The second-order valence-electron chi connectivity index (χ2n) is 6.02. The molecule has 2 aromatic carbocycles. The number of hydrogen-bond donors (Lipinski definition) is 1. The number of carbonyl (C=O) groups excluding carboxylic acids is 2. The molecule has 0 fully saturated rings. The van der Waals surface area contributed by atoms with Crippen LogP contribution in [0.15, 0.2) is 42.5 Å². The zero-order chi connectivity index (χ0) is 18.5. The fourth-order valence-corrected chi connectivity index (χ4v) is 2.90.